The number of hydrogen-bond donors (Lipinski definition) is 2. The average molecular weight is 368 g/mol. The van der Waals surface area contributed by atoms with Gasteiger partial charge in [-0.15, -0.1) is 0 Å². The van der Waals surface area contributed by atoms with Gasteiger partial charge in [0, 0.05) is 0 Å². The van der Waals surface area contributed by atoms with Crippen LogP contribution in [0, 0.1) is 0 Å². The summed E-state index contributed by atoms with van der Waals surface area (Å²) in [7, 11) is 0. The van der Waals surface area contributed by atoms with Gasteiger partial charge in [-0.3, -0.25) is 0 Å². The van der Waals surface area contributed by atoms with Crippen molar-refractivity contribution in [2.75, 3.05) is 6.54 Å². The van der Waals surface area contributed by atoms with E-state index in [1.807, 2.05) is 0 Å². The van der Waals surface area contributed by atoms with Gasteiger partial charge in [-0.05, 0) is 0 Å². The van der Waals surface area contributed by atoms with Gasteiger partial charge < -0.3 is 0 Å². The molecule has 0 radical (unpaired) electrons. The van der Waals surface area contributed by atoms with Crippen molar-refractivity contribution in [2.45, 2.75) is 16.4 Å². The van der Waals surface area contributed by atoms with Crippen molar-refractivity contribution < 1.29 is 27.1 Å². The normalized spacial score (nSPS) is 32.9. The molecule has 5 heteroatoms. The van der Waals surface area contributed by atoms with Crippen molar-refractivity contribution in [3.63, 3.8) is 0 Å². The van der Waals surface area contributed by atoms with Crippen molar-refractivity contribution in [1.29, 1.82) is 0 Å². The molecule has 1 aliphatic rings. The van der Waals surface area contributed by atoms with Crippen LogP contribution in [0.3, 0.4) is 0 Å². The summed E-state index contributed by atoms with van der Waals surface area (Å²) in [4.78, 5) is 10.4. The molecule has 2 unspecified atom stereocenters. The predicted octanol–water partition coefficient (Wildman–Crippen LogP) is -2.76. The van der Waals surface area contributed by atoms with Gasteiger partial charge in [-0.25, -0.2) is 0 Å². The van der Waals surface area contributed by atoms with E-state index >= 15 is 0 Å². The second-order valence-corrected chi connectivity index (χ2v) is 7.61. The zero-order valence-corrected chi connectivity index (χ0v) is 9.50. The van der Waals surface area contributed by atoms with E-state index in [0.29, 0.717) is 3.92 Å². The van der Waals surface area contributed by atoms with Crippen molar-refractivity contribution in [1.82, 2.24) is 5.32 Å². The monoisotopic (exact) mass is 368 g/mol. The Morgan fingerprint density at radius 2 is 2.50 bits per heavy atom. The van der Waals surface area contributed by atoms with Crippen LogP contribution < -0.4 is 22.5 Å². The van der Waals surface area contributed by atoms with E-state index in [0.717, 1.165) is 13.0 Å². The summed E-state index contributed by atoms with van der Waals surface area (Å²) in [6.07, 6.45) is 0.839. The molecule has 0 aromatic rings. The Morgan fingerprint density at radius 3 is 2.80 bits per heavy atom. The molecule has 0 spiro atoms. The first-order chi connectivity index (χ1) is 4.74. The molecule has 2 N–H and O–H groups in total. The summed E-state index contributed by atoms with van der Waals surface area (Å²) < 4.78 is 0.667. The van der Waals surface area contributed by atoms with Crippen LogP contribution in [0.25, 0.3) is 0 Å². The molecule has 0 aromatic carbocycles. The van der Waals surface area contributed by atoms with Gasteiger partial charge >= 0.3 is 80.0 Å². The van der Waals surface area contributed by atoms with Crippen molar-refractivity contribution >= 4 is 24.6 Å². The molecular formula is C5H8I2NO2-. The third-order valence-corrected chi connectivity index (χ3v) is 7.57. The zero-order valence-electron chi connectivity index (χ0n) is 5.18. The van der Waals surface area contributed by atoms with Crippen molar-refractivity contribution in [3.05, 3.63) is 0 Å². The Labute approximate surface area is 79.4 Å². The SMILES string of the molecule is O=C(O)C1CC([I-]I)CN1. The maximum absolute atomic E-state index is 10.4. The summed E-state index contributed by atoms with van der Waals surface area (Å²) in [5.74, 6) is -0.698. The van der Waals surface area contributed by atoms with E-state index in [9.17, 15) is 4.79 Å². The van der Waals surface area contributed by atoms with Gasteiger partial charge in [0.2, 0.25) is 0 Å². The Bertz CT molecular complexity index is 142. The Morgan fingerprint density at radius 1 is 1.80 bits per heavy atom. The van der Waals surface area contributed by atoms with Crippen LogP contribution in [0.1, 0.15) is 6.42 Å². The molecular weight excluding hydrogens is 360 g/mol. The van der Waals surface area contributed by atoms with Crippen LogP contribution in [-0.4, -0.2) is 27.6 Å². The summed E-state index contributed by atoms with van der Waals surface area (Å²) >= 11 is 2.60. The molecule has 60 valence electrons. The third-order valence-electron chi connectivity index (χ3n) is 1.49. The maximum atomic E-state index is 10.4. The van der Waals surface area contributed by atoms with Gasteiger partial charge in [0.05, 0.1) is 0 Å². The first-order valence-corrected chi connectivity index (χ1v) is 10.5. The van der Waals surface area contributed by atoms with Crippen LogP contribution in [0.5, 0.6) is 0 Å². The fourth-order valence-corrected chi connectivity index (χ4v) is 4.47. The Kier molecular flexibility index (Phi) is 3.64. The van der Waals surface area contributed by atoms with Crippen molar-refractivity contribution in [2.24, 2.45) is 0 Å². The van der Waals surface area contributed by atoms with E-state index in [4.69, 9.17) is 5.11 Å². The van der Waals surface area contributed by atoms with E-state index in [-0.39, 0.29) is 23.3 Å². The summed E-state index contributed by atoms with van der Waals surface area (Å²) in [5.41, 5.74) is 0. The number of carboxylic acids is 1. The van der Waals surface area contributed by atoms with Gasteiger partial charge in [0.25, 0.3) is 0 Å². The molecule has 1 aliphatic heterocycles. The number of carbonyl (C=O) groups is 1. The number of hydrogen-bond acceptors (Lipinski definition) is 2. The molecule has 3 nitrogen and oxygen atoms in total. The van der Waals surface area contributed by atoms with Crippen LogP contribution in [0.2, 0.25) is 0 Å². The summed E-state index contributed by atoms with van der Waals surface area (Å²) in [6.45, 7) is 0.910. The molecule has 0 saturated carbocycles. The molecule has 0 aromatic heterocycles. The molecule has 0 aliphatic carbocycles. The summed E-state index contributed by atoms with van der Waals surface area (Å²) in [5, 5.41) is 11.6. The third kappa shape index (κ3) is 2.19. The quantitative estimate of drug-likeness (QED) is 0.411. The molecule has 1 rings (SSSR count). The molecule has 1 heterocycles. The van der Waals surface area contributed by atoms with Gasteiger partial charge in [0.15, 0.2) is 0 Å². The Hall–Kier alpha value is 0.890. The van der Waals surface area contributed by atoms with Crippen LogP contribution >= 0.6 is 18.6 Å². The van der Waals surface area contributed by atoms with Gasteiger partial charge in [0.1, 0.15) is 0 Å². The number of nitrogens with one attached hydrogen (secondary N) is 1. The van der Waals surface area contributed by atoms with E-state index < -0.39 is 5.97 Å². The van der Waals surface area contributed by atoms with Crippen LogP contribution in [0.15, 0.2) is 0 Å². The molecule has 0 bridgehead atoms. The fourth-order valence-electron chi connectivity index (χ4n) is 0.944. The summed E-state index contributed by atoms with van der Waals surface area (Å²) in [6, 6.07) is -0.264. The van der Waals surface area contributed by atoms with E-state index in [2.05, 4.69) is 23.9 Å². The number of aliphatic carboxylic acids is 1. The average Bonchev–Trinajstić information content (AvgIpc) is 2.34. The number of carboxylic acid groups (broad SMARTS) is 1. The number of alkyl halides is 1. The number of rotatable bonds is 2. The predicted molar refractivity (Wildman–Crippen MR) is 41.9 cm³/mol. The number of halogens is 2. The molecule has 1 saturated heterocycles. The fraction of sp³-hybridized carbons (Fsp3) is 0.800. The van der Waals surface area contributed by atoms with Crippen molar-refractivity contribution in [3.8, 4) is 0 Å². The topological polar surface area (TPSA) is 49.3 Å². The van der Waals surface area contributed by atoms with E-state index in [1.165, 1.54) is 0 Å². The molecule has 0 amide bonds. The Balaban J connectivity index is 2.35. The van der Waals surface area contributed by atoms with Gasteiger partial charge in [-0.1, -0.05) is 0 Å². The molecule has 2 atom stereocenters. The first-order valence-electron chi connectivity index (χ1n) is 2.94. The first kappa shape index (κ1) is 8.98. The van der Waals surface area contributed by atoms with E-state index in [1.54, 1.807) is 0 Å². The minimum absolute atomic E-state index is 0.195. The van der Waals surface area contributed by atoms with Gasteiger partial charge in [-0.2, -0.15) is 0 Å². The van der Waals surface area contributed by atoms with Crippen LogP contribution in [-0.2, 0) is 4.79 Å². The second-order valence-electron chi connectivity index (χ2n) is 2.21. The minimum atomic E-state index is -0.698. The van der Waals surface area contributed by atoms with Crippen LogP contribution in [0.4, 0.5) is 0 Å². The molecule has 10 heavy (non-hydrogen) atoms. The zero-order chi connectivity index (χ0) is 7.56. The second kappa shape index (κ2) is 4.05. The standard InChI is InChI=1S/C5H8I2NO2/c6-7-3-1-4(5(9)10)8-2-3/h3-4,8H,1-2H2,(H,9,10)/q-1. The molecule has 1 fully saturated rings.